The van der Waals surface area contributed by atoms with Gasteiger partial charge in [-0.3, -0.25) is 0 Å². The summed E-state index contributed by atoms with van der Waals surface area (Å²) in [6.45, 7) is 4.38. The number of sulfonamides is 1. The van der Waals surface area contributed by atoms with Gasteiger partial charge in [0.15, 0.2) is 0 Å². The van der Waals surface area contributed by atoms with E-state index in [0.717, 1.165) is 42.7 Å². The molecule has 3 heterocycles. The predicted molar refractivity (Wildman–Crippen MR) is 99.3 cm³/mol. The molecule has 25 heavy (non-hydrogen) atoms. The minimum atomic E-state index is -3.16. The van der Waals surface area contributed by atoms with Crippen molar-refractivity contribution < 1.29 is 8.42 Å². The first kappa shape index (κ1) is 16.8. The first-order chi connectivity index (χ1) is 12.1. The van der Waals surface area contributed by atoms with Gasteiger partial charge in [0.2, 0.25) is 10.0 Å². The lowest BCUT2D eigenvalue weighted by Gasteiger charge is -2.36. The minimum Gasteiger partial charge on any atom is -0.367 e. The molecule has 0 atom stereocenters. The lowest BCUT2D eigenvalue weighted by atomic mass is 10.0. The van der Waals surface area contributed by atoms with Crippen LogP contribution in [-0.4, -0.2) is 67.7 Å². The van der Waals surface area contributed by atoms with Crippen molar-refractivity contribution in [3.05, 3.63) is 24.5 Å². The van der Waals surface area contributed by atoms with Gasteiger partial charge in [-0.15, -0.1) is 0 Å². The highest BCUT2D eigenvalue weighted by Gasteiger charge is 2.30. The first-order valence-corrected chi connectivity index (χ1v) is 10.6. The quantitative estimate of drug-likeness (QED) is 0.847. The van der Waals surface area contributed by atoms with E-state index in [0.29, 0.717) is 37.8 Å². The number of benzene rings is 1. The summed E-state index contributed by atoms with van der Waals surface area (Å²) < 4.78 is 27.2. The summed E-state index contributed by atoms with van der Waals surface area (Å²) in [6.07, 6.45) is 3.62. The van der Waals surface area contributed by atoms with Gasteiger partial charge in [-0.25, -0.2) is 13.4 Å². The van der Waals surface area contributed by atoms with Gasteiger partial charge >= 0.3 is 0 Å². The smallest absolute Gasteiger partial charge is 0.214 e. The number of nitrogens with zero attached hydrogens (tertiary/aromatic N) is 3. The highest BCUT2D eigenvalue weighted by atomic mass is 32.2. The van der Waals surface area contributed by atoms with Crippen molar-refractivity contribution in [2.75, 3.05) is 49.9 Å². The van der Waals surface area contributed by atoms with Crippen molar-refractivity contribution in [3.8, 4) is 0 Å². The molecule has 2 aliphatic rings. The highest BCUT2D eigenvalue weighted by molar-refractivity contribution is 7.89. The Bertz CT molecular complexity index is 820. The van der Waals surface area contributed by atoms with Crippen molar-refractivity contribution in [1.82, 2.24) is 19.6 Å². The molecule has 0 amide bonds. The lowest BCUT2D eigenvalue weighted by molar-refractivity contribution is 0.363. The number of fused-ring (bicyclic) bond motifs is 1. The first-order valence-electron chi connectivity index (χ1n) is 8.99. The minimum absolute atomic E-state index is 0.294. The van der Waals surface area contributed by atoms with Gasteiger partial charge in [-0.2, -0.15) is 4.31 Å². The number of hydrogen-bond acceptors (Lipinski definition) is 5. The van der Waals surface area contributed by atoms with E-state index in [1.54, 1.807) is 10.6 Å². The Balaban J connectivity index is 1.41. The average Bonchev–Trinajstić information content (AvgIpc) is 3.11. The largest absolute Gasteiger partial charge is 0.367 e. The summed E-state index contributed by atoms with van der Waals surface area (Å²) in [5, 5.41) is 3.29. The van der Waals surface area contributed by atoms with E-state index in [9.17, 15) is 8.42 Å². The van der Waals surface area contributed by atoms with Gasteiger partial charge in [-0.1, -0.05) is 6.07 Å². The molecule has 0 unspecified atom stereocenters. The van der Waals surface area contributed by atoms with Gasteiger partial charge in [0.1, 0.15) is 5.52 Å². The summed E-state index contributed by atoms with van der Waals surface area (Å²) in [7, 11) is -3.16. The van der Waals surface area contributed by atoms with Crippen LogP contribution in [-0.2, 0) is 10.0 Å². The fourth-order valence-corrected chi connectivity index (χ4v) is 5.72. The normalized spacial score (nSPS) is 21.0. The standard InChI is InChI=1S/C17H25N5O2S/c23-25(24,12-14-4-6-18-7-5-14)22-10-8-21(9-11-22)16-3-1-2-15-17(16)20-13-19-15/h1-3,13-14,18H,4-12H2,(H,19,20). The van der Waals surface area contributed by atoms with Crippen LogP contribution in [0.2, 0.25) is 0 Å². The molecular formula is C17H25N5O2S. The zero-order valence-electron chi connectivity index (χ0n) is 14.3. The maximum absolute atomic E-state index is 12.7. The highest BCUT2D eigenvalue weighted by Crippen LogP contribution is 2.26. The Labute approximate surface area is 148 Å². The van der Waals surface area contributed by atoms with Crippen LogP contribution in [0.1, 0.15) is 12.8 Å². The molecule has 2 fully saturated rings. The van der Waals surface area contributed by atoms with Crippen LogP contribution in [0.25, 0.3) is 11.0 Å². The van der Waals surface area contributed by atoms with Gasteiger partial charge < -0.3 is 15.2 Å². The number of H-pyrrole nitrogens is 1. The second-order valence-corrected chi connectivity index (χ2v) is 8.95. The maximum Gasteiger partial charge on any atom is 0.214 e. The molecule has 0 spiro atoms. The molecule has 0 saturated carbocycles. The van der Waals surface area contributed by atoms with Gasteiger partial charge in [0.05, 0.1) is 23.3 Å². The van der Waals surface area contributed by atoms with E-state index in [1.807, 2.05) is 12.1 Å². The van der Waals surface area contributed by atoms with Crippen LogP contribution in [0.3, 0.4) is 0 Å². The van der Waals surface area contributed by atoms with Crippen molar-refractivity contribution in [1.29, 1.82) is 0 Å². The Morgan fingerprint density at radius 1 is 1.12 bits per heavy atom. The number of aromatic amines is 1. The molecule has 0 aliphatic carbocycles. The molecule has 1 aromatic heterocycles. The molecule has 2 N–H and O–H groups in total. The van der Waals surface area contributed by atoms with Crippen molar-refractivity contribution in [3.63, 3.8) is 0 Å². The average molecular weight is 363 g/mol. The van der Waals surface area contributed by atoms with Crippen molar-refractivity contribution in [2.24, 2.45) is 5.92 Å². The second-order valence-electron chi connectivity index (χ2n) is 6.93. The lowest BCUT2D eigenvalue weighted by Crippen LogP contribution is -2.50. The molecule has 4 rings (SSSR count). The molecule has 0 bridgehead atoms. The van der Waals surface area contributed by atoms with Gasteiger partial charge in [0, 0.05) is 26.2 Å². The van der Waals surface area contributed by atoms with Gasteiger partial charge in [0.25, 0.3) is 0 Å². The molecule has 1 aromatic carbocycles. The third-order valence-corrected chi connectivity index (χ3v) is 7.35. The summed E-state index contributed by atoms with van der Waals surface area (Å²) in [5.74, 6) is 0.589. The van der Waals surface area contributed by atoms with Crippen molar-refractivity contribution >= 4 is 26.7 Å². The number of para-hydroxylation sites is 1. The summed E-state index contributed by atoms with van der Waals surface area (Å²) >= 11 is 0. The number of anilines is 1. The molecule has 7 nitrogen and oxygen atoms in total. The SMILES string of the molecule is O=S(=O)(CC1CCNCC1)N1CCN(c2cccc3[nH]cnc23)CC1. The van der Waals surface area contributed by atoms with E-state index < -0.39 is 10.0 Å². The fraction of sp³-hybridized carbons (Fsp3) is 0.588. The number of aromatic nitrogens is 2. The Morgan fingerprint density at radius 2 is 1.88 bits per heavy atom. The number of nitrogens with one attached hydrogen (secondary N) is 2. The Morgan fingerprint density at radius 3 is 2.64 bits per heavy atom. The number of imidazole rings is 1. The number of hydrogen-bond donors (Lipinski definition) is 2. The van der Waals surface area contributed by atoms with E-state index in [2.05, 4.69) is 26.3 Å². The van der Waals surface area contributed by atoms with Crippen LogP contribution >= 0.6 is 0 Å². The maximum atomic E-state index is 12.7. The van der Waals surface area contributed by atoms with Gasteiger partial charge in [-0.05, 0) is 44.0 Å². The second kappa shape index (κ2) is 6.93. The monoisotopic (exact) mass is 363 g/mol. The van der Waals surface area contributed by atoms with Crippen LogP contribution < -0.4 is 10.2 Å². The molecule has 8 heteroatoms. The summed E-state index contributed by atoms with van der Waals surface area (Å²) in [4.78, 5) is 9.77. The number of piperidine rings is 1. The zero-order valence-corrected chi connectivity index (χ0v) is 15.1. The molecule has 0 radical (unpaired) electrons. The number of piperazine rings is 1. The van der Waals surface area contributed by atoms with E-state index in [4.69, 9.17) is 0 Å². The summed E-state index contributed by atoms with van der Waals surface area (Å²) in [6, 6.07) is 6.07. The topological polar surface area (TPSA) is 81.3 Å². The van der Waals surface area contributed by atoms with Crippen LogP contribution in [0, 0.1) is 5.92 Å². The third-order valence-electron chi connectivity index (χ3n) is 5.31. The summed E-state index contributed by atoms with van der Waals surface area (Å²) in [5.41, 5.74) is 3.04. The van der Waals surface area contributed by atoms with E-state index >= 15 is 0 Å². The molecule has 136 valence electrons. The number of rotatable bonds is 4. The van der Waals surface area contributed by atoms with Crippen LogP contribution in [0.15, 0.2) is 24.5 Å². The Hall–Kier alpha value is -1.64. The molecule has 2 aromatic rings. The van der Waals surface area contributed by atoms with Crippen LogP contribution in [0.4, 0.5) is 5.69 Å². The van der Waals surface area contributed by atoms with Crippen molar-refractivity contribution in [2.45, 2.75) is 12.8 Å². The molecule has 2 saturated heterocycles. The molecular weight excluding hydrogens is 338 g/mol. The zero-order chi connectivity index (χ0) is 17.3. The predicted octanol–water partition coefficient (Wildman–Crippen LogP) is 1.01. The third kappa shape index (κ3) is 3.51. The van der Waals surface area contributed by atoms with E-state index in [-0.39, 0.29) is 0 Å². The van der Waals surface area contributed by atoms with Crippen LogP contribution in [0.5, 0.6) is 0 Å². The Kier molecular flexibility index (Phi) is 4.66. The van der Waals surface area contributed by atoms with E-state index in [1.165, 1.54) is 0 Å². The fourth-order valence-electron chi connectivity index (χ4n) is 3.86. The molecule has 2 aliphatic heterocycles.